The Morgan fingerprint density at radius 2 is 2.10 bits per heavy atom. The summed E-state index contributed by atoms with van der Waals surface area (Å²) in [5.41, 5.74) is 1.71. The minimum atomic E-state index is -1.05. The number of carboxylic acids is 1. The second kappa shape index (κ2) is 7.24. The lowest BCUT2D eigenvalue weighted by Crippen LogP contribution is -2.30. The lowest BCUT2D eigenvalue weighted by atomic mass is 10.2. The Morgan fingerprint density at radius 1 is 1.29 bits per heavy atom. The summed E-state index contributed by atoms with van der Waals surface area (Å²) >= 11 is 4.77. The van der Waals surface area contributed by atoms with E-state index in [0.29, 0.717) is 16.7 Å². The number of amides is 2. The van der Waals surface area contributed by atoms with Gasteiger partial charge in [0.1, 0.15) is 0 Å². The number of nitrogens with one attached hydrogen (secondary N) is 2. The van der Waals surface area contributed by atoms with Crippen LogP contribution in [0.2, 0.25) is 0 Å². The molecule has 2 amide bonds. The Morgan fingerprint density at radius 3 is 2.76 bits per heavy atom. The van der Waals surface area contributed by atoms with Gasteiger partial charge in [0.15, 0.2) is 0 Å². The molecule has 0 bridgehead atoms. The van der Waals surface area contributed by atoms with Crippen molar-refractivity contribution in [3.05, 3.63) is 50.6 Å². The number of anilines is 1. The van der Waals surface area contributed by atoms with E-state index in [4.69, 9.17) is 5.11 Å². The molecule has 1 aromatic heterocycles. The predicted molar refractivity (Wildman–Crippen MR) is 86.1 cm³/mol. The first-order valence-corrected chi connectivity index (χ1v) is 7.88. The molecule has 2 aromatic rings. The molecule has 0 aliphatic heterocycles. The van der Waals surface area contributed by atoms with Crippen LogP contribution in [0.3, 0.4) is 0 Å². The van der Waals surface area contributed by atoms with Crippen LogP contribution in [0, 0.1) is 0 Å². The van der Waals surface area contributed by atoms with Crippen LogP contribution in [0.5, 0.6) is 0 Å². The fraction of sp³-hybridized carbons (Fsp3) is 0.143. The molecule has 110 valence electrons. The van der Waals surface area contributed by atoms with Crippen molar-refractivity contribution in [2.45, 2.75) is 6.42 Å². The van der Waals surface area contributed by atoms with Gasteiger partial charge in [0.05, 0.1) is 5.56 Å². The number of urea groups is 1. The number of halogens is 1. The molecule has 0 unspecified atom stereocenters. The third-order valence-electron chi connectivity index (χ3n) is 2.73. The van der Waals surface area contributed by atoms with Gasteiger partial charge in [-0.15, -0.1) is 0 Å². The first-order valence-electron chi connectivity index (χ1n) is 6.15. The van der Waals surface area contributed by atoms with Crippen LogP contribution in [0.1, 0.15) is 15.9 Å². The van der Waals surface area contributed by atoms with Crippen molar-refractivity contribution in [3.63, 3.8) is 0 Å². The molecular weight excluding hydrogens is 356 g/mol. The van der Waals surface area contributed by atoms with E-state index in [-0.39, 0.29) is 11.6 Å². The molecule has 0 fully saturated rings. The summed E-state index contributed by atoms with van der Waals surface area (Å²) in [4.78, 5) is 22.7. The van der Waals surface area contributed by atoms with Crippen LogP contribution in [0.4, 0.5) is 10.5 Å². The minimum Gasteiger partial charge on any atom is -0.478 e. The van der Waals surface area contributed by atoms with Gasteiger partial charge in [-0.05, 0) is 62.9 Å². The quantitative estimate of drug-likeness (QED) is 0.754. The first kappa shape index (κ1) is 15.5. The highest BCUT2D eigenvalue weighted by Gasteiger charge is 2.10. The van der Waals surface area contributed by atoms with E-state index in [9.17, 15) is 9.59 Å². The standard InChI is InChI=1S/C14H13BrN2O3S/c15-12-2-1-10(7-11(12)13(18)19)17-14(20)16-5-3-9-4-6-21-8-9/h1-2,4,6-8H,3,5H2,(H,18,19)(H2,16,17,20). The van der Waals surface area contributed by atoms with E-state index in [1.807, 2.05) is 16.8 Å². The van der Waals surface area contributed by atoms with Crippen LogP contribution >= 0.6 is 27.3 Å². The Bertz CT molecular complexity index is 644. The maximum absolute atomic E-state index is 11.7. The van der Waals surface area contributed by atoms with Crippen LogP contribution in [-0.4, -0.2) is 23.7 Å². The lowest BCUT2D eigenvalue weighted by Gasteiger charge is -2.08. The van der Waals surface area contributed by atoms with Crippen LogP contribution in [-0.2, 0) is 6.42 Å². The second-order valence-corrected chi connectivity index (χ2v) is 5.90. The third kappa shape index (κ3) is 4.57. The summed E-state index contributed by atoms with van der Waals surface area (Å²) in [6.45, 7) is 0.519. The monoisotopic (exact) mass is 368 g/mol. The van der Waals surface area contributed by atoms with E-state index in [1.165, 1.54) is 11.6 Å². The molecule has 3 N–H and O–H groups in total. The molecule has 0 aliphatic rings. The second-order valence-electron chi connectivity index (χ2n) is 4.26. The van der Waals surface area contributed by atoms with Gasteiger partial charge in [-0.2, -0.15) is 11.3 Å². The smallest absolute Gasteiger partial charge is 0.336 e. The van der Waals surface area contributed by atoms with Crippen LogP contribution < -0.4 is 10.6 Å². The molecule has 0 aliphatic carbocycles. The third-order valence-corrected chi connectivity index (χ3v) is 4.16. The van der Waals surface area contributed by atoms with Gasteiger partial charge in [0.25, 0.3) is 0 Å². The number of carbonyl (C=O) groups is 2. The summed E-state index contributed by atoms with van der Waals surface area (Å²) < 4.78 is 0.471. The van der Waals surface area contributed by atoms with E-state index < -0.39 is 5.97 Å². The van der Waals surface area contributed by atoms with Crippen molar-refractivity contribution in [3.8, 4) is 0 Å². The van der Waals surface area contributed by atoms with Gasteiger partial charge in [-0.3, -0.25) is 0 Å². The highest BCUT2D eigenvalue weighted by molar-refractivity contribution is 9.10. The summed E-state index contributed by atoms with van der Waals surface area (Å²) in [5, 5.41) is 18.4. The maximum Gasteiger partial charge on any atom is 0.336 e. The Labute approximate surface area is 134 Å². The SMILES string of the molecule is O=C(NCCc1ccsc1)Nc1ccc(Br)c(C(=O)O)c1. The average molecular weight is 369 g/mol. The molecule has 0 radical (unpaired) electrons. The molecule has 2 rings (SSSR count). The molecule has 0 atom stereocenters. The highest BCUT2D eigenvalue weighted by Crippen LogP contribution is 2.21. The Kier molecular flexibility index (Phi) is 5.35. The predicted octanol–water partition coefficient (Wildman–Crippen LogP) is 3.57. The van der Waals surface area contributed by atoms with Gasteiger partial charge in [-0.25, -0.2) is 9.59 Å². The molecule has 1 heterocycles. The van der Waals surface area contributed by atoms with E-state index >= 15 is 0 Å². The molecule has 1 aromatic carbocycles. The van der Waals surface area contributed by atoms with Gasteiger partial charge in [-0.1, -0.05) is 0 Å². The molecule has 7 heteroatoms. The summed E-state index contributed by atoms with van der Waals surface area (Å²) in [6.07, 6.45) is 0.762. The van der Waals surface area contributed by atoms with Gasteiger partial charge < -0.3 is 15.7 Å². The molecule has 5 nitrogen and oxygen atoms in total. The van der Waals surface area contributed by atoms with Crippen molar-refractivity contribution >= 4 is 45.0 Å². The van der Waals surface area contributed by atoms with Crippen molar-refractivity contribution in [1.29, 1.82) is 0 Å². The zero-order valence-corrected chi connectivity index (χ0v) is 13.3. The highest BCUT2D eigenvalue weighted by atomic mass is 79.9. The molecular formula is C14H13BrN2O3S. The number of carboxylic acid groups (broad SMARTS) is 1. The van der Waals surface area contributed by atoms with Crippen molar-refractivity contribution < 1.29 is 14.7 Å². The molecule has 0 spiro atoms. The average Bonchev–Trinajstić information content (AvgIpc) is 2.94. The number of thiophene rings is 1. The fourth-order valence-corrected chi connectivity index (χ4v) is 2.82. The van der Waals surface area contributed by atoms with E-state index in [1.54, 1.807) is 23.5 Å². The largest absolute Gasteiger partial charge is 0.478 e. The van der Waals surface area contributed by atoms with Crippen LogP contribution in [0.15, 0.2) is 39.5 Å². The number of hydrogen-bond donors (Lipinski definition) is 3. The molecule has 21 heavy (non-hydrogen) atoms. The zero-order chi connectivity index (χ0) is 15.2. The Balaban J connectivity index is 1.87. The van der Waals surface area contributed by atoms with Gasteiger partial charge in [0, 0.05) is 16.7 Å². The normalized spacial score (nSPS) is 10.1. The number of hydrogen-bond acceptors (Lipinski definition) is 3. The zero-order valence-electron chi connectivity index (χ0n) is 10.9. The topological polar surface area (TPSA) is 78.4 Å². The van der Waals surface area contributed by atoms with E-state index in [0.717, 1.165) is 6.42 Å². The van der Waals surface area contributed by atoms with Crippen molar-refractivity contribution in [1.82, 2.24) is 5.32 Å². The van der Waals surface area contributed by atoms with Gasteiger partial charge >= 0.3 is 12.0 Å². The summed E-state index contributed by atoms with van der Waals surface area (Å²) in [5.74, 6) is -1.05. The fourth-order valence-electron chi connectivity index (χ4n) is 1.70. The molecule has 0 saturated heterocycles. The number of rotatable bonds is 5. The van der Waals surface area contributed by atoms with Crippen molar-refractivity contribution in [2.75, 3.05) is 11.9 Å². The van der Waals surface area contributed by atoms with Gasteiger partial charge in [0.2, 0.25) is 0 Å². The minimum absolute atomic E-state index is 0.103. The summed E-state index contributed by atoms with van der Waals surface area (Å²) in [6, 6.07) is 6.28. The summed E-state index contributed by atoms with van der Waals surface area (Å²) in [7, 11) is 0. The lowest BCUT2D eigenvalue weighted by molar-refractivity contribution is 0.0696. The van der Waals surface area contributed by atoms with Crippen LogP contribution in [0.25, 0.3) is 0 Å². The molecule has 0 saturated carbocycles. The maximum atomic E-state index is 11.7. The number of carbonyl (C=O) groups excluding carboxylic acids is 1. The van der Waals surface area contributed by atoms with Crippen molar-refractivity contribution in [2.24, 2.45) is 0 Å². The number of aromatic carboxylic acids is 1. The van der Waals surface area contributed by atoms with E-state index in [2.05, 4.69) is 26.6 Å². The Hall–Kier alpha value is -1.86. The first-order chi connectivity index (χ1) is 10.1. The number of benzene rings is 1.